The molecule has 1 aromatic heterocycles. The van der Waals surface area contributed by atoms with E-state index >= 15 is 0 Å². The van der Waals surface area contributed by atoms with E-state index in [1.807, 2.05) is 18.2 Å². The lowest BCUT2D eigenvalue weighted by molar-refractivity contribution is -0.154. The summed E-state index contributed by atoms with van der Waals surface area (Å²) in [5.74, 6) is -2.33. The first-order valence-corrected chi connectivity index (χ1v) is 16.7. The number of ether oxygens (including phenoxy) is 1. The first-order chi connectivity index (χ1) is 25.0. The average molecular weight is 750 g/mol. The molecule has 17 heteroatoms. The number of benzene rings is 3. The van der Waals surface area contributed by atoms with Gasteiger partial charge in [-0.3, -0.25) is 14.4 Å². The number of nitrogens with zero attached hydrogens (tertiary/aromatic N) is 4. The zero-order valence-electron chi connectivity index (χ0n) is 28.8. The van der Waals surface area contributed by atoms with Crippen LogP contribution in [0.15, 0.2) is 66.7 Å². The fraction of sp³-hybridized carbons (Fsp3) is 0.306. The van der Waals surface area contributed by atoms with Crippen LogP contribution in [-0.2, 0) is 15.1 Å². The van der Waals surface area contributed by atoms with Crippen LogP contribution in [0.5, 0.6) is 6.01 Å². The number of aryl methyl sites for hydroxylation is 1. The van der Waals surface area contributed by atoms with Crippen LogP contribution in [0.4, 0.5) is 36.4 Å². The summed E-state index contributed by atoms with van der Waals surface area (Å²) in [6, 6.07) is 19.6. The van der Waals surface area contributed by atoms with E-state index in [0.29, 0.717) is 16.3 Å². The first kappa shape index (κ1) is 38.3. The van der Waals surface area contributed by atoms with Gasteiger partial charge in [0, 0.05) is 29.4 Å². The molecular formula is C36H35ClF3N9O4. The minimum Gasteiger partial charge on any atom is -0.454 e. The van der Waals surface area contributed by atoms with Gasteiger partial charge in [-0.25, -0.2) is 0 Å². The minimum atomic E-state index is -4.61. The molecule has 1 aliphatic carbocycles. The van der Waals surface area contributed by atoms with Gasteiger partial charge >= 0.3 is 24.0 Å². The number of aromatic nitrogens is 3. The molecule has 0 radical (unpaired) electrons. The van der Waals surface area contributed by atoms with Crippen molar-refractivity contribution in [3.63, 3.8) is 0 Å². The Kier molecular flexibility index (Phi) is 11.4. The van der Waals surface area contributed by atoms with Gasteiger partial charge in [0.25, 0.3) is 5.91 Å². The Morgan fingerprint density at radius 1 is 0.906 bits per heavy atom. The minimum absolute atomic E-state index is 0.00181. The van der Waals surface area contributed by atoms with Crippen molar-refractivity contribution in [1.82, 2.24) is 25.6 Å². The second kappa shape index (κ2) is 15.7. The largest absolute Gasteiger partial charge is 0.454 e. The highest BCUT2D eigenvalue weighted by Crippen LogP contribution is 2.48. The first-order valence-electron chi connectivity index (χ1n) is 16.3. The third-order valence-electron chi connectivity index (χ3n) is 8.09. The zero-order chi connectivity index (χ0) is 38.4. The Bertz CT molecular complexity index is 2030. The topological polar surface area (TPSA) is 183 Å². The maximum atomic E-state index is 12.9. The molecule has 1 saturated carbocycles. The van der Waals surface area contributed by atoms with E-state index in [1.165, 1.54) is 12.1 Å². The van der Waals surface area contributed by atoms with Crippen molar-refractivity contribution in [2.75, 3.05) is 35.6 Å². The van der Waals surface area contributed by atoms with Crippen LogP contribution >= 0.6 is 11.6 Å². The van der Waals surface area contributed by atoms with Gasteiger partial charge in [-0.15, -0.1) is 0 Å². The van der Waals surface area contributed by atoms with Crippen LogP contribution < -0.4 is 31.3 Å². The van der Waals surface area contributed by atoms with Crippen molar-refractivity contribution in [2.45, 2.75) is 45.3 Å². The predicted molar refractivity (Wildman–Crippen MR) is 191 cm³/mol. The van der Waals surface area contributed by atoms with Gasteiger partial charge in [-0.2, -0.15) is 33.4 Å². The Hall–Kier alpha value is -5.95. The number of alkyl halides is 3. The zero-order valence-corrected chi connectivity index (χ0v) is 29.6. The number of nitriles is 1. The number of anilines is 4. The molecule has 53 heavy (non-hydrogen) atoms. The molecule has 1 heterocycles. The molecule has 0 spiro atoms. The molecule has 1 fully saturated rings. The number of carbonyl (C=O) groups is 3. The third-order valence-corrected chi connectivity index (χ3v) is 8.34. The normalized spacial score (nSPS) is 13.2. The van der Waals surface area contributed by atoms with Crippen molar-refractivity contribution < 1.29 is 32.3 Å². The molecule has 3 amide bonds. The van der Waals surface area contributed by atoms with E-state index in [9.17, 15) is 32.8 Å². The lowest BCUT2D eigenvalue weighted by Gasteiger charge is -2.25. The molecule has 3 aromatic carbocycles. The van der Waals surface area contributed by atoms with Crippen LogP contribution in [0, 0.1) is 23.7 Å². The molecule has 0 bridgehead atoms. The fourth-order valence-corrected chi connectivity index (χ4v) is 5.16. The lowest BCUT2D eigenvalue weighted by Crippen LogP contribution is -2.45. The van der Waals surface area contributed by atoms with Crippen molar-refractivity contribution in [3.8, 4) is 12.1 Å². The highest BCUT2D eigenvalue weighted by Gasteiger charge is 2.45. The van der Waals surface area contributed by atoms with E-state index in [2.05, 4.69) is 41.5 Å². The Morgan fingerprint density at radius 3 is 2.21 bits per heavy atom. The number of rotatable bonds is 13. The van der Waals surface area contributed by atoms with Gasteiger partial charge in [-0.05, 0) is 84.8 Å². The molecular weight excluding hydrogens is 715 g/mol. The third kappa shape index (κ3) is 10.8. The highest BCUT2D eigenvalue weighted by atomic mass is 35.5. The van der Waals surface area contributed by atoms with Gasteiger partial charge in [0.15, 0.2) is 6.61 Å². The Morgan fingerprint density at radius 2 is 1.57 bits per heavy atom. The summed E-state index contributed by atoms with van der Waals surface area (Å²) in [6.45, 7) is 3.98. The second-order valence-corrected chi connectivity index (χ2v) is 13.7. The maximum Gasteiger partial charge on any atom is 0.422 e. The molecule has 0 aliphatic heterocycles. The van der Waals surface area contributed by atoms with Crippen LogP contribution in [0.3, 0.4) is 0 Å². The number of halogens is 4. The molecule has 0 atom stereocenters. The van der Waals surface area contributed by atoms with Crippen molar-refractivity contribution in [1.29, 1.82) is 5.26 Å². The standard InChI is InChI=1S/C36H35ClF3N9O4/c1-21-4-13-27(23(16-21)17-41)45-30(52)29(51)43-19-34(2,3)18-42-28(50)22-5-11-26(12-6-22)44-31-46-32(48-33(47-31)53-20-36(38,39)40)49-35(14-15-35)24-7-9-25(37)10-8-24/h4-13,16H,14-15,18-20H2,1-3H3,(H,42,50)(H,43,51)(H,45,52)(H2,44,46,47,48,49). The summed E-state index contributed by atoms with van der Waals surface area (Å²) in [5.41, 5.74) is 1.73. The Balaban J connectivity index is 1.17. The number of carbonyl (C=O) groups excluding carboxylic acids is 3. The van der Waals surface area contributed by atoms with E-state index < -0.39 is 47.5 Å². The number of amides is 3. The molecule has 5 N–H and O–H groups in total. The van der Waals surface area contributed by atoms with Gasteiger partial charge in [0.2, 0.25) is 11.9 Å². The van der Waals surface area contributed by atoms with Crippen molar-refractivity contribution in [2.24, 2.45) is 5.41 Å². The van der Waals surface area contributed by atoms with E-state index in [4.69, 9.17) is 16.3 Å². The molecule has 5 rings (SSSR count). The average Bonchev–Trinajstić information content (AvgIpc) is 3.89. The Labute approximate surface area is 307 Å². The highest BCUT2D eigenvalue weighted by molar-refractivity contribution is 6.39. The molecule has 276 valence electrons. The summed E-state index contributed by atoms with van der Waals surface area (Å²) in [7, 11) is 0. The van der Waals surface area contributed by atoms with Crippen molar-refractivity contribution in [3.05, 3.63) is 94.0 Å². The van der Waals surface area contributed by atoms with Crippen LogP contribution in [0.25, 0.3) is 0 Å². The van der Waals surface area contributed by atoms with Gasteiger partial charge in [0.05, 0.1) is 16.8 Å². The summed E-state index contributed by atoms with van der Waals surface area (Å²) < 4.78 is 43.6. The summed E-state index contributed by atoms with van der Waals surface area (Å²) in [6.07, 6.45) is -3.15. The molecule has 1 aliphatic rings. The molecule has 0 saturated heterocycles. The molecule has 13 nitrogen and oxygen atoms in total. The van der Waals surface area contributed by atoms with Crippen LogP contribution in [-0.4, -0.2) is 58.5 Å². The van der Waals surface area contributed by atoms with Gasteiger partial charge in [-0.1, -0.05) is 43.6 Å². The fourth-order valence-electron chi connectivity index (χ4n) is 5.03. The van der Waals surface area contributed by atoms with Gasteiger partial charge in [0.1, 0.15) is 6.07 Å². The van der Waals surface area contributed by atoms with Crippen molar-refractivity contribution >= 4 is 52.6 Å². The summed E-state index contributed by atoms with van der Waals surface area (Å²) in [4.78, 5) is 50.2. The molecule has 4 aromatic rings. The summed E-state index contributed by atoms with van der Waals surface area (Å²) in [5, 5.41) is 23.8. The SMILES string of the molecule is Cc1ccc(NC(=O)C(=O)NCC(C)(C)CNC(=O)c2ccc(Nc3nc(NC4(c5ccc(Cl)cc5)CC4)nc(OCC(F)(F)F)n3)cc2)c(C#N)c1. The monoisotopic (exact) mass is 749 g/mol. The maximum absolute atomic E-state index is 12.9. The smallest absolute Gasteiger partial charge is 0.422 e. The van der Waals surface area contributed by atoms with E-state index in [-0.39, 0.29) is 36.2 Å². The van der Waals surface area contributed by atoms with Crippen LogP contribution in [0.1, 0.15) is 53.7 Å². The molecule has 0 unspecified atom stereocenters. The quantitative estimate of drug-likeness (QED) is 0.102. The predicted octanol–water partition coefficient (Wildman–Crippen LogP) is 6.00. The lowest BCUT2D eigenvalue weighted by atomic mass is 9.93. The van der Waals surface area contributed by atoms with E-state index in [0.717, 1.165) is 24.0 Å². The number of hydrogen-bond donors (Lipinski definition) is 5. The van der Waals surface area contributed by atoms with E-state index in [1.54, 1.807) is 63.2 Å². The van der Waals surface area contributed by atoms with Gasteiger partial charge < -0.3 is 31.3 Å². The summed E-state index contributed by atoms with van der Waals surface area (Å²) >= 11 is 6.03. The van der Waals surface area contributed by atoms with Crippen LogP contribution in [0.2, 0.25) is 5.02 Å². The number of nitrogens with one attached hydrogen (secondary N) is 5. The number of hydrogen-bond acceptors (Lipinski definition) is 10. The second-order valence-electron chi connectivity index (χ2n) is 13.2.